The number of hydrogen-bond acceptors (Lipinski definition) is 6. The van der Waals surface area contributed by atoms with E-state index in [1.807, 2.05) is 43.3 Å². The molecule has 158 valence electrons. The van der Waals surface area contributed by atoms with Crippen molar-refractivity contribution in [3.05, 3.63) is 70.4 Å². The van der Waals surface area contributed by atoms with Gasteiger partial charge in [-0.3, -0.25) is 10.1 Å². The topological polar surface area (TPSA) is 85.6 Å². The van der Waals surface area contributed by atoms with Crippen LogP contribution in [-0.2, 0) is 5.41 Å². The zero-order chi connectivity index (χ0) is 22.2. The molecule has 0 radical (unpaired) electrons. The number of rotatable bonds is 4. The lowest BCUT2D eigenvalue weighted by atomic mass is 9.87. The van der Waals surface area contributed by atoms with Gasteiger partial charge >= 0.3 is 0 Å². The fourth-order valence-corrected chi connectivity index (χ4v) is 3.72. The van der Waals surface area contributed by atoms with Gasteiger partial charge in [0, 0.05) is 22.1 Å². The van der Waals surface area contributed by atoms with E-state index in [4.69, 9.17) is 11.6 Å². The number of aromatic nitrogens is 5. The molecule has 0 atom stereocenters. The van der Waals surface area contributed by atoms with Crippen molar-refractivity contribution >= 4 is 34.2 Å². The Hall–Kier alpha value is -3.10. The number of benzene rings is 2. The van der Waals surface area contributed by atoms with Crippen LogP contribution in [0.3, 0.4) is 0 Å². The molecule has 0 aliphatic rings. The van der Waals surface area contributed by atoms with Crippen LogP contribution in [0.4, 0.5) is 5.13 Å². The van der Waals surface area contributed by atoms with Crippen molar-refractivity contribution in [3.8, 4) is 17.2 Å². The van der Waals surface area contributed by atoms with E-state index in [-0.39, 0.29) is 11.3 Å². The van der Waals surface area contributed by atoms with Crippen LogP contribution in [0.1, 0.15) is 42.4 Å². The Morgan fingerprint density at radius 2 is 1.74 bits per heavy atom. The predicted molar refractivity (Wildman–Crippen MR) is 123 cm³/mol. The van der Waals surface area contributed by atoms with E-state index in [0.717, 1.165) is 22.9 Å². The summed E-state index contributed by atoms with van der Waals surface area (Å²) >= 11 is 7.06. The number of carbonyl (C=O) groups excluding carboxylic acids is 1. The van der Waals surface area contributed by atoms with Crippen LogP contribution >= 0.6 is 23.1 Å². The van der Waals surface area contributed by atoms with Gasteiger partial charge in [-0.05, 0) is 54.3 Å². The summed E-state index contributed by atoms with van der Waals surface area (Å²) < 4.78 is 6.04. The van der Waals surface area contributed by atoms with Crippen LogP contribution in [0, 0.1) is 6.92 Å². The van der Waals surface area contributed by atoms with Crippen molar-refractivity contribution < 1.29 is 4.79 Å². The Kier molecular flexibility index (Phi) is 5.60. The van der Waals surface area contributed by atoms with E-state index < -0.39 is 0 Å². The Balaban J connectivity index is 1.51. The van der Waals surface area contributed by atoms with Crippen molar-refractivity contribution in [2.24, 2.45) is 0 Å². The molecule has 0 bridgehead atoms. The third-order valence-electron chi connectivity index (χ3n) is 4.84. The number of halogens is 1. The van der Waals surface area contributed by atoms with Gasteiger partial charge in [0.15, 0.2) is 11.5 Å². The summed E-state index contributed by atoms with van der Waals surface area (Å²) in [5.41, 5.74) is 3.95. The third kappa shape index (κ3) is 4.50. The highest BCUT2D eigenvalue weighted by molar-refractivity contribution is 7.10. The molecule has 0 saturated carbocycles. The molecule has 9 heteroatoms. The van der Waals surface area contributed by atoms with Gasteiger partial charge in [0.2, 0.25) is 5.13 Å². The van der Waals surface area contributed by atoms with Gasteiger partial charge in [-0.15, -0.1) is 5.10 Å². The quantitative estimate of drug-likeness (QED) is 0.454. The van der Waals surface area contributed by atoms with Crippen molar-refractivity contribution in [2.75, 3.05) is 5.32 Å². The van der Waals surface area contributed by atoms with Crippen LogP contribution in [0.15, 0.2) is 48.5 Å². The maximum absolute atomic E-state index is 12.6. The van der Waals surface area contributed by atoms with Gasteiger partial charge in [0.05, 0.1) is 11.4 Å². The molecule has 2 aromatic heterocycles. The van der Waals surface area contributed by atoms with E-state index in [1.54, 1.807) is 16.8 Å². The second-order valence-corrected chi connectivity index (χ2v) is 9.30. The van der Waals surface area contributed by atoms with Gasteiger partial charge < -0.3 is 0 Å². The van der Waals surface area contributed by atoms with Crippen molar-refractivity contribution in [3.63, 3.8) is 0 Å². The third-order valence-corrected chi connectivity index (χ3v) is 5.72. The number of amides is 1. The molecular formula is C22H21ClN6OS. The number of carbonyl (C=O) groups is 1. The molecular weight excluding hydrogens is 432 g/mol. The number of nitrogens with zero attached hydrogens (tertiary/aromatic N) is 5. The number of hydrogen-bond donors (Lipinski definition) is 1. The van der Waals surface area contributed by atoms with Crippen LogP contribution in [0.2, 0.25) is 5.02 Å². The largest absolute Gasteiger partial charge is 0.297 e. The minimum atomic E-state index is -0.232. The fraction of sp³-hybridized carbons (Fsp3) is 0.227. The van der Waals surface area contributed by atoms with E-state index >= 15 is 0 Å². The van der Waals surface area contributed by atoms with Gasteiger partial charge in [0.1, 0.15) is 0 Å². The van der Waals surface area contributed by atoms with E-state index in [9.17, 15) is 4.79 Å². The Morgan fingerprint density at radius 1 is 1.06 bits per heavy atom. The smallest absolute Gasteiger partial charge is 0.257 e. The van der Waals surface area contributed by atoms with Crippen LogP contribution in [-0.4, -0.2) is 30.3 Å². The van der Waals surface area contributed by atoms with E-state index in [0.29, 0.717) is 27.2 Å². The summed E-state index contributed by atoms with van der Waals surface area (Å²) in [7, 11) is 0. The molecule has 2 heterocycles. The van der Waals surface area contributed by atoms with Crippen molar-refractivity contribution in [1.82, 2.24) is 24.4 Å². The second kappa shape index (κ2) is 8.20. The first-order valence-electron chi connectivity index (χ1n) is 9.66. The maximum atomic E-state index is 12.6. The zero-order valence-corrected chi connectivity index (χ0v) is 19.1. The van der Waals surface area contributed by atoms with E-state index in [1.165, 1.54) is 5.56 Å². The molecule has 31 heavy (non-hydrogen) atoms. The summed E-state index contributed by atoms with van der Waals surface area (Å²) in [5.74, 6) is 0.186. The molecule has 2 aromatic carbocycles. The summed E-state index contributed by atoms with van der Waals surface area (Å²) in [6, 6.07) is 14.9. The Labute approximate surface area is 189 Å². The lowest BCUT2D eigenvalue weighted by Gasteiger charge is -2.18. The molecule has 0 aliphatic carbocycles. The maximum Gasteiger partial charge on any atom is 0.257 e. The van der Waals surface area contributed by atoms with Crippen LogP contribution in [0.25, 0.3) is 17.2 Å². The predicted octanol–water partition coefficient (Wildman–Crippen LogP) is 5.30. The van der Waals surface area contributed by atoms with Crippen molar-refractivity contribution in [1.29, 1.82) is 0 Å². The fourth-order valence-electron chi connectivity index (χ4n) is 3.02. The molecule has 1 N–H and O–H groups in total. The molecule has 1 amide bonds. The van der Waals surface area contributed by atoms with Gasteiger partial charge in [0.25, 0.3) is 5.91 Å². The average Bonchev–Trinajstić information content (AvgIpc) is 3.34. The minimum Gasteiger partial charge on any atom is -0.297 e. The molecule has 4 aromatic rings. The van der Waals surface area contributed by atoms with Gasteiger partial charge in [-0.25, -0.2) is 4.68 Å². The first kappa shape index (κ1) is 21.1. The Morgan fingerprint density at radius 3 is 2.39 bits per heavy atom. The molecule has 7 nitrogen and oxygen atoms in total. The molecule has 0 spiro atoms. The number of anilines is 1. The zero-order valence-electron chi connectivity index (χ0n) is 17.5. The lowest BCUT2D eigenvalue weighted by Crippen LogP contribution is -2.14. The number of nitrogens with one attached hydrogen (secondary N) is 1. The van der Waals surface area contributed by atoms with Crippen LogP contribution < -0.4 is 5.32 Å². The normalized spacial score (nSPS) is 11.5. The molecule has 0 unspecified atom stereocenters. The first-order chi connectivity index (χ1) is 14.7. The van der Waals surface area contributed by atoms with Gasteiger partial charge in [-0.2, -0.15) is 9.36 Å². The highest BCUT2D eigenvalue weighted by Gasteiger charge is 2.18. The molecule has 0 aliphatic heterocycles. The SMILES string of the molecule is Cc1c(-c2nsc(NC(=O)c3ccc(C(C)(C)C)cc3)n2)nnn1-c1ccc(Cl)cc1. The summed E-state index contributed by atoms with van der Waals surface area (Å²) in [6.45, 7) is 8.29. The van der Waals surface area contributed by atoms with Crippen LogP contribution in [0.5, 0.6) is 0 Å². The van der Waals surface area contributed by atoms with Crippen molar-refractivity contribution in [2.45, 2.75) is 33.1 Å². The molecule has 0 fully saturated rings. The van der Waals surface area contributed by atoms with Gasteiger partial charge in [-0.1, -0.05) is 49.7 Å². The molecule has 4 rings (SSSR count). The first-order valence-corrected chi connectivity index (χ1v) is 10.8. The summed E-state index contributed by atoms with van der Waals surface area (Å²) in [5, 5.41) is 12.3. The van der Waals surface area contributed by atoms with E-state index in [2.05, 4.69) is 45.8 Å². The highest BCUT2D eigenvalue weighted by Crippen LogP contribution is 2.25. The second-order valence-electron chi connectivity index (χ2n) is 8.12. The molecule has 0 saturated heterocycles. The Bertz CT molecular complexity index is 1220. The monoisotopic (exact) mass is 452 g/mol. The standard InChI is InChI=1S/C22H21ClN6OS/c1-13-18(26-28-29(13)17-11-9-16(23)10-12-17)19-24-21(31-27-19)25-20(30)14-5-7-15(8-6-14)22(2,3)4/h5-12H,1-4H3,(H,24,25,27,30). The average molecular weight is 453 g/mol. The summed E-state index contributed by atoms with van der Waals surface area (Å²) in [4.78, 5) is 17.0. The minimum absolute atomic E-state index is 0.0322. The summed E-state index contributed by atoms with van der Waals surface area (Å²) in [6.07, 6.45) is 0. The highest BCUT2D eigenvalue weighted by atomic mass is 35.5. The lowest BCUT2D eigenvalue weighted by molar-refractivity contribution is 0.102.